The molecule has 2 aromatic carbocycles. The van der Waals surface area contributed by atoms with Crippen LogP contribution >= 0.6 is 0 Å². The second kappa shape index (κ2) is 13.2. The van der Waals surface area contributed by atoms with Gasteiger partial charge >= 0.3 is 0 Å². The van der Waals surface area contributed by atoms with Crippen LogP contribution in [-0.4, -0.2) is 79.7 Å². The van der Waals surface area contributed by atoms with Gasteiger partial charge in [0.1, 0.15) is 5.75 Å². The first-order chi connectivity index (χ1) is 20.0. The number of hydrogen-bond donors (Lipinski definition) is 1. The first-order valence-corrected chi connectivity index (χ1v) is 14.4. The lowest BCUT2D eigenvalue weighted by Crippen LogP contribution is -2.43. The smallest absolute Gasteiger partial charge is 0.290 e. The first kappa shape index (κ1) is 28.7. The fraction of sp³-hybridized carbons (Fsp3) is 0.438. The Morgan fingerprint density at radius 1 is 1.05 bits per heavy atom. The Balaban J connectivity index is 1.43. The van der Waals surface area contributed by atoms with Crippen molar-refractivity contribution in [1.29, 1.82) is 0 Å². The Bertz CT molecular complexity index is 1390. The van der Waals surface area contributed by atoms with E-state index in [1.807, 2.05) is 36.4 Å². The second-order valence-corrected chi connectivity index (χ2v) is 10.4. The minimum atomic E-state index is -0.773. The Hall–Kier alpha value is -3.82. The number of aliphatic hydroxyl groups is 1. The zero-order chi connectivity index (χ0) is 28.8. The normalized spacial score (nSPS) is 18.0. The molecule has 1 aromatic heterocycles. The highest BCUT2D eigenvalue weighted by Crippen LogP contribution is 2.40. The lowest BCUT2D eigenvalue weighted by atomic mass is 9.95. The molecule has 41 heavy (non-hydrogen) atoms. The summed E-state index contributed by atoms with van der Waals surface area (Å²) in [6.45, 7) is 6.56. The molecule has 0 saturated carbocycles. The number of fused-ring (bicyclic) bond motifs is 1. The average Bonchev–Trinajstić information content (AvgIpc) is 3.55. The average molecular weight is 563 g/mol. The number of nitrogens with zero attached hydrogens (tertiary/aromatic N) is 2. The Morgan fingerprint density at radius 2 is 1.83 bits per heavy atom. The topological polar surface area (TPSA) is 102 Å². The van der Waals surface area contributed by atoms with Crippen LogP contribution in [0.3, 0.4) is 0 Å². The van der Waals surface area contributed by atoms with E-state index >= 15 is 0 Å². The number of rotatable bonds is 13. The van der Waals surface area contributed by atoms with Gasteiger partial charge in [-0.3, -0.25) is 14.5 Å². The molecule has 1 fully saturated rings. The SMILES string of the molecule is CCCCCCOc1ccc(C2C(C(=O)c3cc4cccc(OC)c4o3)=C(O)C(=O)N2CCN2CCOCC2)cc1. The van der Waals surface area contributed by atoms with Gasteiger partial charge in [0.15, 0.2) is 22.9 Å². The van der Waals surface area contributed by atoms with Gasteiger partial charge in [0.2, 0.25) is 5.78 Å². The number of hydrogen-bond acceptors (Lipinski definition) is 8. The number of amides is 1. The zero-order valence-corrected chi connectivity index (χ0v) is 23.8. The van der Waals surface area contributed by atoms with Gasteiger partial charge < -0.3 is 28.6 Å². The molecular weight excluding hydrogens is 524 g/mol. The van der Waals surface area contributed by atoms with Crippen LogP contribution < -0.4 is 9.47 Å². The number of aliphatic hydroxyl groups excluding tert-OH is 1. The van der Waals surface area contributed by atoms with E-state index < -0.39 is 23.5 Å². The number of furan rings is 1. The summed E-state index contributed by atoms with van der Waals surface area (Å²) >= 11 is 0. The van der Waals surface area contributed by atoms with Crippen LogP contribution in [0.1, 0.15) is 54.8 Å². The molecule has 5 rings (SSSR count). The Morgan fingerprint density at radius 3 is 2.56 bits per heavy atom. The number of morpholine rings is 1. The van der Waals surface area contributed by atoms with Gasteiger partial charge in [0.25, 0.3) is 5.91 Å². The van der Waals surface area contributed by atoms with Gasteiger partial charge in [-0.1, -0.05) is 50.5 Å². The van der Waals surface area contributed by atoms with E-state index in [4.69, 9.17) is 18.6 Å². The molecule has 1 unspecified atom stereocenters. The third-order valence-corrected chi connectivity index (χ3v) is 7.72. The number of ether oxygens (including phenoxy) is 3. The number of carbonyl (C=O) groups is 2. The molecule has 0 bridgehead atoms. The van der Waals surface area contributed by atoms with Gasteiger partial charge in [-0.25, -0.2) is 0 Å². The third kappa shape index (κ3) is 6.26. The lowest BCUT2D eigenvalue weighted by Gasteiger charge is -2.31. The zero-order valence-electron chi connectivity index (χ0n) is 23.8. The molecule has 218 valence electrons. The van der Waals surface area contributed by atoms with Crippen LogP contribution in [0.25, 0.3) is 11.0 Å². The molecule has 3 heterocycles. The van der Waals surface area contributed by atoms with Crippen molar-refractivity contribution in [2.45, 2.75) is 38.6 Å². The quantitative estimate of drug-likeness (QED) is 0.221. The maximum absolute atomic E-state index is 13.9. The lowest BCUT2D eigenvalue weighted by molar-refractivity contribution is -0.129. The van der Waals surface area contributed by atoms with Gasteiger partial charge in [-0.15, -0.1) is 0 Å². The maximum Gasteiger partial charge on any atom is 0.290 e. The molecule has 1 amide bonds. The minimum absolute atomic E-state index is 0.00299. The number of para-hydroxylation sites is 1. The van der Waals surface area contributed by atoms with Crippen molar-refractivity contribution in [3.63, 3.8) is 0 Å². The highest BCUT2D eigenvalue weighted by molar-refractivity contribution is 6.16. The Kier molecular flexibility index (Phi) is 9.26. The molecule has 0 spiro atoms. The summed E-state index contributed by atoms with van der Waals surface area (Å²) < 4.78 is 22.7. The molecule has 0 radical (unpaired) electrons. The van der Waals surface area contributed by atoms with E-state index in [1.165, 1.54) is 20.0 Å². The highest BCUT2D eigenvalue weighted by Gasteiger charge is 2.44. The molecule has 9 heteroatoms. The molecule has 0 aliphatic carbocycles. The molecule has 2 aliphatic rings. The molecule has 2 aliphatic heterocycles. The largest absolute Gasteiger partial charge is 0.503 e. The number of ketones is 1. The summed E-state index contributed by atoms with van der Waals surface area (Å²) in [5, 5.41) is 11.8. The van der Waals surface area contributed by atoms with Crippen LogP contribution in [0.4, 0.5) is 0 Å². The first-order valence-electron chi connectivity index (χ1n) is 14.4. The van der Waals surface area contributed by atoms with Crippen molar-refractivity contribution in [1.82, 2.24) is 9.80 Å². The number of unbranched alkanes of at least 4 members (excludes halogenated alkanes) is 3. The van der Waals surface area contributed by atoms with Crippen molar-refractivity contribution in [3.8, 4) is 11.5 Å². The molecule has 1 saturated heterocycles. The summed E-state index contributed by atoms with van der Waals surface area (Å²) in [4.78, 5) is 31.1. The summed E-state index contributed by atoms with van der Waals surface area (Å²) in [6, 6.07) is 13.6. The van der Waals surface area contributed by atoms with Gasteiger partial charge in [-0.2, -0.15) is 0 Å². The minimum Gasteiger partial charge on any atom is -0.503 e. The van der Waals surface area contributed by atoms with Crippen molar-refractivity contribution in [2.24, 2.45) is 0 Å². The van der Waals surface area contributed by atoms with Crippen molar-refractivity contribution in [3.05, 3.63) is 71.2 Å². The molecule has 9 nitrogen and oxygen atoms in total. The van der Waals surface area contributed by atoms with Crippen LogP contribution in [0.5, 0.6) is 11.5 Å². The fourth-order valence-corrected chi connectivity index (χ4v) is 5.44. The van der Waals surface area contributed by atoms with E-state index in [1.54, 1.807) is 17.0 Å². The van der Waals surface area contributed by atoms with E-state index in [0.717, 1.165) is 31.7 Å². The Labute approximate surface area is 240 Å². The van der Waals surface area contributed by atoms with Crippen LogP contribution in [0, 0.1) is 0 Å². The molecule has 1 N–H and O–H groups in total. The van der Waals surface area contributed by atoms with Crippen LogP contribution in [0.2, 0.25) is 0 Å². The predicted octanol–water partition coefficient (Wildman–Crippen LogP) is 5.31. The van der Waals surface area contributed by atoms with Crippen molar-refractivity contribution in [2.75, 3.05) is 53.1 Å². The third-order valence-electron chi connectivity index (χ3n) is 7.72. The number of Topliss-reactive ketones (excluding diaryl/α,β-unsaturated/α-hetero) is 1. The fourth-order valence-electron chi connectivity index (χ4n) is 5.44. The van der Waals surface area contributed by atoms with E-state index in [0.29, 0.717) is 55.2 Å². The molecule has 1 atom stereocenters. The number of benzene rings is 2. The second-order valence-electron chi connectivity index (χ2n) is 10.4. The van der Waals surface area contributed by atoms with Crippen molar-refractivity contribution < 1.29 is 33.3 Å². The van der Waals surface area contributed by atoms with Crippen molar-refractivity contribution >= 4 is 22.7 Å². The van der Waals surface area contributed by atoms with Crippen LogP contribution in [0.15, 0.2) is 64.3 Å². The van der Waals surface area contributed by atoms with Gasteiger partial charge in [0, 0.05) is 31.6 Å². The number of carbonyl (C=O) groups excluding carboxylic acids is 2. The summed E-state index contributed by atoms with van der Waals surface area (Å²) in [5.41, 5.74) is 1.15. The summed E-state index contributed by atoms with van der Waals surface area (Å²) in [6.07, 6.45) is 4.46. The molecular formula is C32H38N2O7. The van der Waals surface area contributed by atoms with Gasteiger partial charge in [0.05, 0.1) is 38.5 Å². The van der Waals surface area contributed by atoms with E-state index in [-0.39, 0.29) is 11.3 Å². The highest BCUT2D eigenvalue weighted by atomic mass is 16.5. The van der Waals surface area contributed by atoms with Crippen LogP contribution in [-0.2, 0) is 9.53 Å². The molecule has 3 aromatic rings. The van der Waals surface area contributed by atoms with E-state index in [2.05, 4.69) is 11.8 Å². The summed E-state index contributed by atoms with van der Waals surface area (Å²) in [5.74, 6) is -0.409. The summed E-state index contributed by atoms with van der Waals surface area (Å²) in [7, 11) is 1.53. The monoisotopic (exact) mass is 562 g/mol. The number of methoxy groups -OCH3 is 1. The van der Waals surface area contributed by atoms with E-state index in [9.17, 15) is 14.7 Å². The predicted molar refractivity (Wildman–Crippen MR) is 155 cm³/mol. The standard InChI is InChI=1S/C32H38N2O7/c1-3-4-5-6-18-40-24-12-10-22(11-13-24)28-27(29(35)26-21-23-8-7-9-25(38-2)31(23)41-26)30(36)32(37)34(28)15-14-33-16-19-39-20-17-33/h7-13,21,28,36H,3-6,14-20H2,1-2H3. The maximum atomic E-state index is 13.9. The van der Waals surface area contributed by atoms with Gasteiger partial charge in [-0.05, 0) is 36.2 Å².